The fourth-order valence-corrected chi connectivity index (χ4v) is 4.89. The lowest BCUT2D eigenvalue weighted by molar-refractivity contribution is 0.106. The van der Waals surface area contributed by atoms with Crippen molar-refractivity contribution in [3.8, 4) is 0 Å². The number of hydrogen-bond donors (Lipinski definition) is 0. The van der Waals surface area contributed by atoms with Gasteiger partial charge in [-0.1, -0.05) is 36.5 Å². The molecule has 1 aliphatic carbocycles. The third-order valence-electron chi connectivity index (χ3n) is 2.94. The highest BCUT2D eigenvalue weighted by molar-refractivity contribution is 6.65. The Morgan fingerprint density at radius 3 is 2.12 bits per heavy atom. The first kappa shape index (κ1) is 13.4. The predicted octanol–water partition coefficient (Wildman–Crippen LogP) is 2.70. The van der Waals surface area contributed by atoms with Gasteiger partial charge in [-0.3, -0.25) is 0 Å². The molecule has 0 spiro atoms. The molecule has 0 heterocycles. The van der Waals surface area contributed by atoms with E-state index in [9.17, 15) is 0 Å². The summed E-state index contributed by atoms with van der Waals surface area (Å²) in [5, 5.41) is -0.283. The van der Waals surface area contributed by atoms with Gasteiger partial charge in [0.2, 0.25) is 0 Å². The highest BCUT2D eigenvalue weighted by Gasteiger charge is 2.56. The first-order valence-corrected chi connectivity index (χ1v) is 7.06. The largest absolute Gasteiger partial charge is 0.515 e. The fraction of sp³-hybridized carbons (Fsp3) is 0.500. The molecular formula is C12H20O3Si. The van der Waals surface area contributed by atoms with E-state index in [4.69, 9.17) is 13.3 Å². The molecule has 1 aliphatic rings. The maximum atomic E-state index is 5.59. The van der Waals surface area contributed by atoms with Gasteiger partial charge in [0.25, 0.3) is 0 Å². The Balaban J connectivity index is 3.18. The van der Waals surface area contributed by atoms with Crippen molar-refractivity contribution in [1.82, 2.24) is 0 Å². The maximum absolute atomic E-state index is 5.59. The summed E-state index contributed by atoms with van der Waals surface area (Å²) in [7, 11) is 2.24. The van der Waals surface area contributed by atoms with Gasteiger partial charge in [0, 0.05) is 21.3 Å². The van der Waals surface area contributed by atoms with Gasteiger partial charge in [0.1, 0.15) is 0 Å². The Labute approximate surface area is 98.8 Å². The van der Waals surface area contributed by atoms with E-state index >= 15 is 0 Å². The van der Waals surface area contributed by atoms with E-state index in [-0.39, 0.29) is 5.04 Å². The second kappa shape index (κ2) is 5.59. The molecule has 0 aromatic rings. The Morgan fingerprint density at radius 1 is 1.12 bits per heavy atom. The molecule has 1 atom stereocenters. The Hall–Kier alpha value is -0.683. The van der Waals surface area contributed by atoms with Gasteiger partial charge in [-0.05, 0) is 13.3 Å². The summed E-state index contributed by atoms with van der Waals surface area (Å²) in [6.45, 7) is 1.99. The van der Waals surface area contributed by atoms with Crippen molar-refractivity contribution in [1.29, 1.82) is 0 Å². The Bertz CT molecular complexity index is 297. The van der Waals surface area contributed by atoms with Crippen LogP contribution in [0.5, 0.6) is 0 Å². The number of rotatable bonds is 5. The molecule has 0 bridgehead atoms. The van der Waals surface area contributed by atoms with Crippen molar-refractivity contribution in [3.05, 3.63) is 36.5 Å². The molecule has 90 valence electrons. The van der Waals surface area contributed by atoms with Gasteiger partial charge in [-0.25, -0.2) is 0 Å². The van der Waals surface area contributed by atoms with Gasteiger partial charge in [0.05, 0.1) is 5.04 Å². The van der Waals surface area contributed by atoms with E-state index in [0.717, 1.165) is 6.42 Å². The molecule has 0 aliphatic heterocycles. The quantitative estimate of drug-likeness (QED) is 0.546. The summed E-state index contributed by atoms with van der Waals surface area (Å²) >= 11 is 0. The molecule has 0 radical (unpaired) electrons. The topological polar surface area (TPSA) is 27.7 Å². The smallest absolute Gasteiger partial charge is 0.376 e. The van der Waals surface area contributed by atoms with Crippen LogP contribution in [0.1, 0.15) is 13.3 Å². The van der Waals surface area contributed by atoms with Crippen molar-refractivity contribution in [2.45, 2.75) is 18.4 Å². The van der Waals surface area contributed by atoms with Crippen molar-refractivity contribution >= 4 is 8.80 Å². The van der Waals surface area contributed by atoms with Gasteiger partial charge in [-0.2, -0.15) is 0 Å². The Morgan fingerprint density at radius 2 is 1.75 bits per heavy atom. The normalized spacial score (nSPS) is 25.5. The molecule has 0 aromatic carbocycles. The molecule has 1 unspecified atom stereocenters. The zero-order chi connectivity index (χ0) is 12.1. The first-order chi connectivity index (χ1) is 7.70. The van der Waals surface area contributed by atoms with Crippen molar-refractivity contribution in [2.24, 2.45) is 0 Å². The number of hydrogen-bond acceptors (Lipinski definition) is 3. The Kier molecular flexibility index (Phi) is 4.67. The van der Waals surface area contributed by atoms with E-state index in [1.807, 2.05) is 25.2 Å². The average Bonchev–Trinajstić information content (AvgIpc) is 2.33. The highest BCUT2D eigenvalue weighted by Crippen LogP contribution is 2.47. The van der Waals surface area contributed by atoms with Gasteiger partial charge >= 0.3 is 8.80 Å². The minimum atomic E-state index is -2.71. The first-order valence-electron chi connectivity index (χ1n) is 5.34. The van der Waals surface area contributed by atoms with E-state index < -0.39 is 8.80 Å². The van der Waals surface area contributed by atoms with Crippen LogP contribution in [0, 0.1) is 0 Å². The van der Waals surface area contributed by atoms with E-state index in [1.165, 1.54) is 0 Å². The molecule has 0 saturated carbocycles. The van der Waals surface area contributed by atoms with Crippen LogP contribution in [0.15, 0.2) is 36.5 Å². The zero-order valence-electron chi connectivity index (χ0n) is 10.4. The molecule has 0 saturated heterocycles. The fourth-order valence-electron chi connectivity index (χ4n) is 2.21. The zero-order valence-corrected chi connectivity index (χ0v) is 11.4. The van der Waals surface area contributed by atoms with Crippen LogP contribution in [0.2, 0.25) is 5.04 Å². The molecule has 0 aromatic heterocycles. The van der Waals surface area contributed by atoms with E-state index in [1.54, 1.807) is 21.3 Å². The third-order valence-corrected chi connectivity index (χ3v) is 6.23. The molecule has 0 fully saturated rings. The lowest BCUT2D eigenvalue weighted by Gasteiger charge is -2.40. The second-order valence-electron chi connectivity index (χ2n) is 3.70. The highest BCUT2D eigenvalue weighted by atomic mass is 28.4. The molecule has 0 N–H and O–H groups in total. The van der Waals surface area contributed by atoms with Crippen molar-refractivity contribution in [3.63, 3.8) is 0 Å². The molecule has 0 amide bonds. The molecule has 16 heavy (non-hydrogen) atoms. The van der Waals surface area contributed by atoms with Gasteiger partial charge in [-0.15, -0.1) is 0 Å². The molecule has 4 heteroatoms. The second-order valence-corrected chi connectivity index (χ2v) is 6.97. The van der Waals surface area contributed by atoms with Gasteiger partial charge in [0.15, 0.2) is 0 Å². The van der Waals surface area contributed by atoms with Crippen LogP contribution in [0.4, 0.5) is 0 Å². The van der Waals surface area contributed by atoms with Crippen LogP contribution < -0.4 is 0 Å². The molecular weight excluding hydrogens is 220 g/mol. The van der Waals surface area contributed by atoms with Crippen LogP contribution in [-0.4, -0.2) is 30.1 Å². The lowest BCUT2D eigenvalue weighted by atomic mass is 9.99. The standard InChI is InChI=1S/C12H20O3Si/c1-5-9-12(10-7-6-8-11-12)16(13-2,14-3)15-4/h5-10H,11H2,1-4H3. The SMILES string of the molecule is CC=CC1([Si](OC)(OC)OC)C=CC=CC1. The molecule has 3 nitrogen and oxygen atoms in total. The van der Waals surface area contributed by atoms with Crippen LogP contribution in [-0.2, 0) is 13.3 Å². The van der Waals surface area contributed by atoms with Crippen LogP contribution in [0.3, 0.4) is 0 Å². The minimum Gasteiger partial charge on any atom is -0.376 e. The summed E-state index contributed by atoms with van der Waals surface area (Å²) in [6.07, 6.45) is 13.2. The maximum Gasteiger partial charge on any atom is 0.515 e. The van der Waals surface area contributed by atoms with Gasteiger partial charge < -0.3 is 13.3 Å². The summed E-state index contributed by atoms with van der Waals surface area (Å²) in [5.74, 6) is 0. The van der Waals surface area contributed by atoms with Crippen LogP contribution >= 0.6 is 0 Å². The number of allylic oxidation sites excluding steroid dienone is 6. The van der Waals surface area contributed by atoms with Crippen molar-refractivity contribution < 1.29 is 13.3 Å². The summed E-state index contributed by atoms with van der Waals surface area (Å²) < 4.78 is 16.8. The lowest BCUT2D eigenvalue weighted by Crippen LogP contribution is -2.53. The average molecular weight is 240 g/mol. The minimum absolute atomic E-state index is 0.283. The third kappa shape index (κ3) is 2.06. The summed E-state index contributed by atoms with van der Waals surface area (Å²) in [4.78, 5) is 0. The van der Waals surface area contributed by atoms with E-state index in [2.05, 4.69) is 18.2 Å². The van der Waals surface area contributed by atoms with Crippen LogP contribution in [0.25, 0.3) is 0 Å². The summed E-state index contributed by atoms with van der Waals surface area (Å²) in [5.41, 5.74) is 0. The summed E-state index contributed by atoms with van der Waals surface area (Å²) in [6, 6.07) is 0. The predicted molar refractivity (Wildman–Crippen MR) is 67.2 cm³/mol. The monoisotopic (exact) mass is 240 g/mol. The molecule has 1 rings (SSSR count). The van der Waals surface area contributed by atoms with Crippen molar-refractivity contribution in [2.75, 3.05) is 21.3 Å². The van der Waals surface area contributed by atoms with E-state index in [0.29, 0.717) is 0 Å².